The molecule has 0 aliphatic heterocycles. The molecule has 0 aromatic carbocycles. The van der Waals surface area contributed by atoms with Crippen LogP contribution in [0.15, 0.2) is 12.3 Å². The molecule has 4 heteroatoms. The summed E-state index contributed by atoms with van der Waals surface area (Å²) in [7, 11) is 0. The number of rotatable bonds is 1. The van der Waals surface area contributed by atoms with Gasteiger partial charge in [-0.2, -0.15) is 9.65 Å². The van der Waals surface area contributed by atoms with Gasteiger partial charge in [0.05, 0.1) is 4.70 Å². The second-order valence-electron chi connectivity index (χ2n) is 3.43. The van der Waals surface area contributed by atoms with Crippen LogP contribution in [0.25, 0.3) is 10.1 Å². The van der Waals surface area contributed by atoms with Gasteiger partial charge in [-0.05, 0) is 19.9 Å². The number of fused-ring (bicyclic) bond motifs is 1. The van der Waals surface area contributed by atoms with Gasteiger partial charge in [0.1, 0.15) is 11.8 Å². The van der Waals surface area contributed by atoms with Gasteiger partial charge in [0, 0.05) is 17.6 Å². The second kappa shape index (κ2) is 5.13. The van der Waals surface area contributed by atoms with Crippen molar-refractivity contribution in [3.63, 3.8) is 0 Å². The number of hydrogen-bond acceptors (Lipinski definition) is 2. The Balaban J connectivity index is 0.000000606. The van der Waals surface area contributed by atoms with E-state index in [0.29, 0.717) is 5.69 Å². The van der Waals surface area contributed by atoms with Gasteiger partial charge in [0.25, 0.3) is 0 Å². The molecular weight excluding hydrogens is 223 g/mol. The largest absolute Gasteiger partial charge is 0.335 e. The summed E-state index contributed by atoms with van der Waals surface area (Å²) in [4.78, 5) is 0. The maximum Gasteiger partial charge on any atom is 0.177 e. The summed E-state index contributed by atoms with van der Waals surface area (Å²) in [5.41, 5.74) is 0.559. The van der Waals surface area contributed by atoms with Crippen molar-refractivity contribution >= 4 is 21.4 Å². The van der Waals surface area contributed by atoms with Crippen LogP contribution >= 0.6 is 11.3 Å². The molecule has 2 aromatic heterocycles. The van der Waals surface area contributed by atoms with Crippen molar-refractivity contribution < 1.29 is 4.39 Å². The number of thiophene rings is 1. The average Bonchev–Trinajstić information content (AvgIpc) is 2.76. The highest BCUT2D eigenvalue weighted by Crippen LogP contribution is 2.30. The molecule has 2 rings (SSSR count). The number of nitriles is 1. The molecule has 0 radical (unpaired) electrons. The van der Waals surface area contributed by atoms with Crippen molar-refractivity contribution in [2.75, 3.05) is 0 Å². The zero-order valence-electron chi connectivity index (χ0n) is 9.91. The number of hydrogen-bond donors (Lipinski definition) is 0. The van der Waals surface area contributed by atoms with E-state index in [-0.39, 0.29) is 11.2 Å². The molecule has 0 fully saturated rings. The molecule has 2 aromatic rings. The zero-order valence-corrected chi connectivity index (χ0v) is 10.7. The normalized spacial score (nSPS) is 10.1. The first-order valence-electron chi connectivity index (χ1n) is 5.33. The fourth-order valence-corrected chi connectivity index (χ4v) is 2.36. The summed E-state index contributed by atoms with van der Waals surface area (Å²) in [5, 5.41) is 9.56. The minimum absolute atomic E-state index is 0.229. The van der Waals surface area contributed by atoms with Crippen molar-refractivity contribution in [3.8, 4) is 6.07 Å². The highest BCUT2D eigenvalue weighted by molar-refractivity contribution is 7.17. The van der Waals surface area contributed by atoms with E-state index in [4.69, 9.17) is 5.26 Å². The van der Waals surface area contributed by atoms with Crippen molar-refractivity contribution in [3.05, 3.63) is 23.1 Å². The number of nitrogens with zero attached hydrogens (tertiary/aromatic N) is 2. The Morgan fingerprint density at radius 2 is 2.06 bits per heavy atom. The summed E-state index contributed by atoms with van der Waals surface area (Å²) in [6.45, 7) is 8.00. The Kier molecular flexibility index (Phi) is 4.08. The molecule has 2 heterocycles. The average molecular weight is 238 g/mol. The van der Waals surface area contributed by atoms with E-state index < -0.39 is 0 Å². The summed E-state index contributed by atoms with van der Waals surface area (Å²) in [6.07, 6.45) is 1.83. The molecule has 0 saturated heterocycles. The van der Waals surface area contributed by atoms with Gasteiger partial charge in [0.15, 0.2) is 5.13 Å². The number of aromatic nitrogens is 1. The maximum absolute atomic E-state index is 12.9. The molecule has 0 aliphatic carbocycles. The lowest BCUT2D eigenvalue weighted by atomic mass is 10.3. The zero-order chi connectivity index (χ0) is 12.3. The first kappa shape index (κ1) is 12.7. The lowest BCUT2D eigenvalue weighted by Crippen LogP contribution is -2.00. The summed E-state index contributed by atoms with van der Waals surface area (Å²) < 4.78 is 15.5. The van der Waals surface area contributed by atoms with Crippen molar-refractivity contribution in [2.24, 2.45) is 0 Å². The fraction of sp³-hybridized carbons (Fsp3) is 0.417. The van der Waals surface area contributed by atoms with E-state index >= 15 is 0 Å². The van der Waals surface area contributed by atoms with Crippen LogP contribution in [0, 0.1) is 16.5 Å². The molecule has 2 nitrogen and oxygen atoms in total. The van der Waals surface area contributed by atoms with Gasteiger partial charge >= 0.3 is 0 Å². The Hall–Kier alpha value is -1.34. The Bertz CT molecular complexity index is 517. The minimum atomic E-state index is -0.234. The predicted octanol–water partition coefficient (Wildman–Crippen LogP) is 4.32. The van der Waals surface area contributed by atoms with Crippen molar-refractivity contribution in [2.45, 2.75) is 33.7 Å². The van der Waals surface area contributed by atoms with E-state index in [1.165, 1.54) is 6.07 Å². The number of halogens is 1. The SMILES string of the molecule is CC.CC(C)n1cc2cc(F)sc2c1C#N. The van der Waals surface area contributed by atoms with Gasteiger partial charge in [-0.3, -0.25) is 0 Å². The highest BCUT2D eigenvalue weighted by Gasteiger charge is 2.14. The molecule has 0 atom stereocenters. The monoisotopic (exact) mass is 238 g/mol. The summed E-state index contributed by atoms with van der Waals surface area (Å²) >= 11 is 1.03. The third-order valence-electron chi connectivity index (χ3n) is 2.14. The molecule has 0 amide bonds. The second-order valence-corrected chi connectivity index (χ2v) is 4.43. The fourth-order valence-electron chi connectivity index (χ4n) is 1.50. The molecular formula is C12H15FN2S. The topological polar surface area (TPSA) is 28.7 Å². The smallest absolute Gasteiger partial charge is 0.177 e. The van der Waals surface area contributed by atoms with Crippen LogP contribution in [0.4, 0.5) is 4.39 Å². The van der Waals surface area contributed by atoms with Crippen LogP contribution in [0.2, 0.25) is 0 Å². The van der Waals surface area contributed by atoms with Crippen LogP contribution in [-0.4, -0.2) is 4.57 Å². The first-order valence-corrected chi connectivity index (χ1v) is 6.15. The molecule has 0 bridgehead atoms. The van der Waals surface area contributed by atoms with E-state index in [0.717, 1.165) is 21.4 Å². The molecule has 0 N–H and O–H groups in total. The van der Waals surface area contributed by atoms with Crippen molar-refractivity contribution in [1.29, 1.82) is 5.26 Å². The first-order chi connectivity index (χ1) is 7.63. The van der Waals surface area contributed by atoms with Gasteiger partial charge in [-0.15, -0.1) is 11.3 Å². The van der Waals surface area contributed by atoms with Gasteiger partial charge in [0.2, 0.25) is 0 Å². The maximum atomic E-state index is 12.9. The summed E-state index contributed by atoms with van der Waals surface area (Å²) in [5.74, 6) is 0. The lowest BCUT2D eigenvalue weighted by molar-refractivity contribution is 0.599. The van der Waals surface area contributed by atoms with Crippen LogP contribution in [0.5, 0.6) is 0 Å². The standard InChI is InChI=1S/C10H9FN2S.C2H6/c1-6(2)13-5-7-3-9(11)14-10(7)8(13)4-12;1-2/h3,5-6H,1-2H3;1-2H3. The third-order valence-corrected chi connectivity index (χ3v) is 3.09. The quantitative estimate of drug-likeness (QED) is 0.727. The third kappa shape index (κ3) is 2.10. The summed E-state index contributed by atoms with van der Waals surface area (Å²) in [6, 6.07) is 3.82. The van der Waals surface area contributed by atoms with E-state index in [1.54, 1.807) is 0 Å². The van der Waals surface area contributed by atoms with Crippen LogP contribution in [0.1, 0.15) is 39.4 Å². The van der Waals surface area contributed by atoms with Crippen LogP contribution in [-0.2, 0) is 0 Å². The Labute approximate surface area is 98.9 Å². The molecule has 0 unspecified atom stereocenters. The molecule has 0 aliphatic rings. The van der Waals surface area contributed by atoms with Gasteiger partial charge in [-0.1, -0.05) is 13.8 Å². The van der Waals surface area contributed by atoms with Crippen LogP contribution in [0.3, 0.4) is 0 Å². The Morgan fingerprint density at radius 1 is 1.44 bits per heavy atom. The predicted molar refractivity (Wildman–Crippen MR) is 66.2 cm³/mol. The molecule has 86 valence electrons. The van der Waals surface area contributed by atoms with Crippen LogP contribution < -0.4 is 0 Å². The minimum Gasteiger partial charge on any atom is -0.335 e. The van der Waals surface area contributed by atoms with E-state index in [9.17, 15) is 4.39 Å². The highest BCUT2D eigenvalue weighted by atomic mass is 32.1. The van der Waals surface area contributed by atoms with Gasteiger partial charge < -0.3 is 4.57 Å². The molecule has 16 heavy (non-hydrogen) atoms. The molecule has 0 spiro atoms. The molecule has 0 saturated carbocycles. The van der Waals surface area contributed by atoms with Crippen molar-refractivity contribution in [1.82, 2.24) is 4.57 Å². The lowest BCUT2D eigenvalue weighted by Gasteiger charge is -2.07. The van der Waals surface area contributed by atoms with E-state index in [1.807, 2.05) is 38.5 Å². The van der Waals surface area contributed by atoms with Gasteiger partial charge in [-0.25, -0.2) is 0 Å². The Morgan fingerprint density at radius 3 is 2.56 bits per heavy atom. The van der Waals surface area contributed by atoms with E-state index in [2.05, 4.69) is 6.07 Å².